The monoisotopic (exact) mass is 239 g/mol. The van der Waals surface area contributed by atoms with Crippen molar-refractivity contribution in [2.45, 2.75) is 50.9 Å². The van der Waals surface area contributed by atoms with E-state index in [-0.39, 0.29) is 6.04 Å². The molecule has 0 aromatic carbocycles. The Balaban J connectivity index is 2.01. The van der Waals surface area contributed by atoms with Gasteiger partial charge >= 0.3 is 0 Å². The molecule has 0 radical (unpaired) electrons. The molecule has 2 rings (SSSR count). The van der Waals surface area contributed by atoms with E-state index in [0.29, 0.717) is 5.25 Å². The quantitative estimate of drug-likeness (QED) is 0.873. The molecular formula is C12H21N3S. The molecule has 0 saturated carbocycles. The number of aromatic nitrogens is 2. The maximum atomic E-state index is 6.28. The fourth-order valence-corrected chi connectivity index (χ4v) is 3.66. The molecule has 2 heterocycles. The van der Waals surface area contributed by atoms with Gasteiger partial charge in [-0.2, -0.15) is 16.9 Å². The first-order valence-corrected chi connectivity index (χ1v) is 7.16. The summed E-state index contributed by atoms with van der Waals surface area (Å²) in [7, 11) is 0. The number of rotatable bonds is 4. The van der Waals surface area contributed by atoms with E-state index in [2.05, 4.69) is 22.8 Å². The molecule has 1 aliphatic heterocycles. The van der Waals surface area contributed by atoms with Crippen molar-refractivity contribution in [2.75, 3.05) is 5.75 Å². The lowest BCUT2D eigenvalue weighted by atomic mass is 10.1. The standard InChI is InChI=1S/C12H21N3S/c1-3-15-10(7-9(2)14-15)8-11(13)12-5-4-6-16-12/h7,11-12H,3-6,8,13H2,1-2H3. The number of aryl methyl sites for hydroxylation is 2. The predicted octanol–water partition coefficient (Wildman–Crippen LogP) is 1.98. The molecule has 4 heteroatoms. The van der Waals surface area contributed by atoms with Gasteiger partial charge in [-0.15, -0.1) is 0 Å². The van der Waals surface area contributed by atoms with Crippen molar-refractivity contribution in [1.82, 2.24) is 9.78 Å². The second-order valence-corrected chi connectivity index (χ2v) is 5.86. The van der Waals surface area contributed by atoms with Crippen molar-refractivity contribution in [2.24, 2.45) is 5.73 Å². The molecule has 2 N–H and O–H groups in total. The fraction of sp³-hybridized carbons (Fsp3) is 0.750. The van der Waals surface area contributed by atoms with Crippen LogP contribution in [0, 0.1) is 6.92 Å². The summed E-state index contributed by atoms with van der Waals surface area (Å²) in [4.78, 5) is 0. The lowest BCUT2D eigenvalue weighted by molar-refractivity contribution is 0.555. The van der Waals surface area contributed by atoms with Crippen LogP contribution in [0.15, 0.2) is 6.07 Å². The van der Waals surface area contributed by atoms with Gasteiger partial charge in [0.25, 0.3) is 0 Å². The number of thioether (sulfide) groups is 1. The molecule has 1 fully saturated rings. The summed E-state index contributed by atoms with van der Waals surface area (Å²) in [6, 6.07) is 2.46. The topological polar surface area (TPSA) is 43.8 Å². The number of hydrogen-bond donors (Lipinski definition) is 1. The number of nitrogens with two attached hydrogens (primary N) is 1. The van der Waals surface area contributed by atoms with Crippen LogP contribution in [0.2, 0.25) is 0 Å². The Labute approximate surface area is 102 Å². The molecule has 3 nitrogen and oxygen atoms in total. The predicted molar refractivity (Wildman–Crippen MR) is 69.8 cm³/mol. The van der Waals surface area contributed by atoms with Gasteiger partial charge in [-0.3, -0.25) is 4.68 Å². The van der Waals surface area contributed by atoms with E-state index in [4.69, 9.17) is 5.73 Å². The third-order valence-corrected chi connectivity index (χ3v) is 4.71. The highest BCUT2D eigenvalue weighted by atomic mass is 32.2. The van der Waals surface area contributed by atoms with Crippen LogP contribution in [0.4, 0.5) is 0 Å². The van der Waals surface area contributed by atoms with Gasteiger partial charge in [-0.25, -0.2) is 0 Å². The highest BCUT2D eigenvalue weighted by Gasteiger charge is 2.23. The molecule has 2 unspecified atom stereocenters. The van der Waals surface area contributed by atoms with E-state index >= 15 is 0 Å². The third kappa shape index (κ3) is 2.61. The first kappa shape index (κ1) is 12.0. The SMILES string of the molecule is CCn1nc(C)cc1CC(N)C1CCCS1. The zero-order valence-electron chi connectivity index (χ0n) is 10.1. The summed E-state index contributed by atoms with van der Waals surface area (Å²) in [5, 5.41) is 5.12. The zero-order chi connectivity index (χ0) is 11.5. The van der Waals surface area contributed by atoms with Crippen molar-refractivity contribution in [3.8, 4) is 0 Å². The first-order valence-electron chi connectivity index (χ1n) is 6.11. The van der Waals surface area contributed by atoms with Crippen LogP contribution in [-0.4, -0.2) is 26.8 Å². The van der Waals surface area contributed by atoms with E-state index in [0.717, 1.165) is 18.7 Å². The Hall–Kier alpha value is -0.480. The third-order valence-electron chi connectivity index (χ3n) is 3.17. The normalized spacial score (nSPS) is 22.6. The summed E-state index contributed by atoms with van der Waals surface area (Å²) in [5.41, 5.74) is 8.67. The van der Waals surface area contributed by atoms with Crippen LogP contribution in [0.1, 0.15) is 31.2 Å². The van der Waals surface area contributed by atoms with Gasteiger partial charge in [0.1, 0.15) is 0 Å². The van der Waals surface area contributed by atoms with Crippen molar-refractivity contribution < 1.29 is 0 Å². The summed E-state index contributed by atoms with van der Waals surface area (Å²) in [6.45, 7) is 5.12. The second-order valence-electron chi connectivity index (χ2n) is 4.51. The second kappa shape index (κ2) is 5.23. The largest absolute Gasteiger partial charge is 0.326 e. The lowest BCUT2D eigenvalue weighted by Crippen LogP contribution is -2.33. The van der Waals surface area contributed by atoms with Crippen LogP contribution < -0.4 is 5.73 Å². The summed E-state index contributed by atoms with van der Waals surface area (Å²) >= 11 is 2.04. The molecule has 1 aliphatic rings. The van der Waals surface area contributed by atoms with E-state index in [1.165, 1.54) is 24.3 Å². The smallest absolute Gasteiger partial charge is 0.0596 e. The van der Waals surface area contributed by atoms with Gasteiger partial charge in [-0.05, 0) is 38.5 Å². The molecule has 0 aliphatic carbocycles. The fourth-order valence-electron chi connectivity index (χ4n) is 2.35. The van der Waals surface area contributed by atoms with Crippen molar-refractivity contribution in [3.05, 3.63) is 17.5 Å². The Kier molecular flexibility index (Phi) is 3.92. The molecular weight excluding hydrogens is 218 g/mol. The van der Waals surface area contributed by atoms with E-state index in [1.807, 2.05) is 18.7 Å². The average molecular weight is 239 g/mol. The Morgan fingerprint density at radius 1 is 1.69 bits per heavy atom. The van der Waals surface area contributed by atoms with Crippen LogP contribution in [0.25, 0.3) is 0 Å². The van der Waals surface area contributed by atoms with Gasteiger partial charge < -0.3 is 5.73 Å². The molecule has 2 atom stereocenters. The molecule has 1 saturated heterocycles. The van der Waals surface area contributed by atoms with Gasteiger partial charge in [0.15, 0.2) is 0 Å². The van der Waals surface area contributed by atoms with E-state index < -0.39 is 0 Å². The minimum absolute atomic E-state index is 0.286. The van der Waals surface area contributed by atoms with Gasteiger partial charge in [0.2, 0.25) is 0 Å². The van der Waals surface area contributed by atoms with Crippen LogP contribution in [-0.2, 0) is 13.0 Å². The molecule has 1 aromatic rings. The summed E-state index contributed by atoms with van der Waals surface area (Å²) in [5.74, 6) is 1.28. The maximum absolute atomic E-state index is 6.28. The minimum Gasteiger partial charge on any atom is -0.326 e. The molecule has 16 heavy (non-hydrogen) atoms. The highest BCUT2D eigenvalue weighted by Crippen LogP contribution is 2.29. The zero-order valence-corrected chi connectivity index (χ0v) is 11.0. The van der Waals surface area contributed by atoms with E-state index in [9.17, 15) is 0 Å². The Morgan fingerprint density at radius 3 is 3.12 bits per heavy atom. The van der Waals surface area contributed by atoms with Crippen molar-refractivity contribution >= 4 is 11.8 Å². The summed E-state index contributed by atoms with van der Waals surface area (Å²) < 4.78 is 2.08. The Morgan fingerprint density at radius 2 is 2.50 bits per heavy atom. The first-order chi connectivity index (χ1) is 7.70. The molecule has 0 bridgehead atoms. The Bertz CT molecular complexity index is 342. The van der Waals surface area contributed by atoms with Crippen LogP contribution in [0.5, 0.6) is 0 Å². The maximum Gasteiger partial charge on any atom is 0.0596 e. The van der Waals surface area contributed by atoms with Crippen molar-refractivity contribution in [1.29, 1.82) is 0 Å². The highest BCUT2D eigenvalue weighted by molar-refractivity contribution is 8.00. The molecule has 1 aromatic heterocycles. The average Bonchev–Trinajstić information content (AvgIpc) is 2.87. The van der Waals surface area contributed by atoms with Gasteiger partial charge in [-0.1, -0.05) is 0 Å². The summed E-state index contributed by atoms with van der Waals surface area (Å²) in [6.07, 6.45) is 3.58. The number of hydrogen-bond acceptors (Lipinski definition) is 3. The van der Waals surface area contributed by atoms with Crippen LogP contribution >= 0.6 is 11.8 Å². The van der Waals surface area contributed by atoms with Crippen molar-refractivity contribution in [3.63, 3.8) is 0 Å². The molecule has 0 amide bonds. The van der Waals surface area contributed by atoms with Gasteiger partial charge in [0.05, 0.1) is 5.69 Å². The number of nitrogens with zero attached hydrogens (tertiary/aromatic N) is 2. The minimum atomic E-state index is 0.286. The molecule has 0 spiro atoms. The lowest BCUT2D eigenvalue weighted by Gasteiger charge is -2.18. The molecule has 90 valence electrons. The van der Waals surface area contributed by atoms with E-state index in [1.54, 1.807) is 0 Å². The van der Waals surface area contributed by atoms with Gasteiger partial charge in [0, 0.05) is 30.0 Å². The van der Waals surface area contributed by atoms with Crippen LogP contribution in [0.3, 0.4) is 0 Å².